The Hall–Kier alpha value is -2.43. The summed E-state index contributed by atoms with van der Waals surface area (Å²) in [7, 11) is 0. The van der Waals surface area contributed by atoms with Gasteiger partial charge in [-0.05, 0) is 24.3 Å². The summed E-state index contributed by atoms with van der Waals surface area (Å²) in [5, 5.41) is 2.55. The van der Waals surface area contributed by atoms with Crippen molar-refractivity contribution in [2.24, 2.45) is 0 Å². The van der Waals surface area contributed by atoms with Crippen molar-refractivity contribution in [3.8, 4) is 0 Å². The highest BCUT2D eigenvalue weighted by Crippen LogP contribution is 2.14. The molecule has 0 radical (unpaired) electrons. The van der Waals surface area contributed by atoms with E-state index in [1.165, 1.54) is 36.7 Å². The number of anilines is 2. The van der Waals surface area contributed by atoms with Crippen molar-refractivity contribution >= 4 is 17.3 Å². The van der Waals surface area contributed by atoms with Crippen LogP contribution in [0.15, 0.2) is 42.7 Å². The number of nitrogen functional groups attached to an aromatic ring is 1. The third-order valence-corrected chi connectivity index (χ3v) is 2.18. The zero-order valence-electron chi connectivity index (χ0n) is 8.85. The summed E-state index contributed by atoms with van der Waals surface area (Å²) in [4.78, 5) is 15.6. The maximum Gasteiger partial charge on any atom is 0.257 e. The van der Waals surface area contributed by atoms with E-state index in [1.54, 1.807) is 6.07 Å². The van der Waals surface area contributed by atoms with Crippen LogP contribution in [0.2, 0.25) is 0 Å². The van der Waals surface area contributed by atoms with E-state index in [9.17, 15) is 9.18 Å². The van der Waals surface area contributed by atoms with Gasteiger partial charge in [-0.3, -0.25) is 9.78 Å². The molecule has 0 spiro atoms. The summed E-state index contributed by atoms with van der Waals surface area (Å²) in [5.41, 5.74) is 6.58. The molecule has 0 aliphatic rings. The van der Waals surface area contributed by atoms with Gasteiger partial charge in [0, 0.05) is 11.9 Å². The van der Waals surface area contributed by atoms with Crippen LogP contribution in [-0.4, -0.2) is 10.9 Å². The fourth-order valence-corrected chi connectivity index (χ4v) is 1.38. The Morgan fingerprint density at radius 2 is 2.18 bits per heavy atom. The number of pyridine rings is 1. The number of aromatic nitrogens is 1. The molecular formula is C12H10FN3O. The molecule has 1 heterocycles. The first-order valence-electron chi connectivity index (χ1n) is 4.93. The summed E-state index contributed by atoms with van der Waals surface area (Å²) in [6, 6.07) is 7.15. The predicted octanol–water partition coefficient (Wildman–Crippen LogP) is 2.06. The van der Waals surface area contributed by atoms with E-state index in [1.807, 2.05) is 0 Å². The SMILES string of the molecule is Nc1cnccc1C(=O)Nc1cccc(F)c1. The van der Waals surface area contributed by atoms with Crippen LogP contribution in [0.3, 0.4) is 0 Å². The predicted molar refractivity (Wildman–Crippen MR) is 63.0 cm³/mol. The Kier molecular flexibility index (Phi) is 3.00. The highest BCUT2D eigenvalue weighted by molar-refractivity contribution is 6.07. The molecule has 86 valence electrons. The van der Waals surface area contributed by atoms with Crippen molar-refractivity contribution in [1.29, 1.82) is 0 Å². The van der Waals surface area contributed by atoms with Crippen LogP contribution < -0.4 is 11.1 Å². The number of benzene rings is 1. The molecule has 4 nitrogen and oxygen atoms in total. The zero-order valence-corrected chi connectivity index (χ0v) is 8.85. The first-order valence-corrected chi connectivity index (χ1v) is 4.93. The standard InChI is InChI=1S/C12H10FN3O/c13-8-2-1-3-9(6-8)16-12(17)10-4-5-15-7-11(10)14/h1-7H,14H2,(H,16,17). The summed E-state index contributed by atoms with van der Waals surface area (Å²) in [6.07, 6.45) is 2.86. The highest BCUT2D eigenvalue weighted by Gasteiger charge is 2.09. The van der Waals surface area contributed by atoms with Gasteiger partial charge < -0.3 is 11.1 Å². The maximum atomic E-state index is 12.9. The van der Waals surface area contributed by atoms with E-state index in [4.69, 9.17) is 5.73 Å². The number of rotatable bonds is 2. The number of hydrogen-bond donors (Lipinski definition) is 2. The summed E-state index contributed by atoms with van der Waals surface area (Å²) >= 11 is 0. The fourth-order valence-electron chi connectivity index (χ4n) is 1.38. The second-order valence-electron chi connectivity index (χ2n) is 3.43. The van der Waals surface area contributed by atoms with E-state index >= 15 is 0 Å². The second kappa shape index (κ2) is 4.61. The minimum absolute atomic E-state index is 0.279. The molecule has 3 N–H and O–H groups in total. The number of nitrogens with two attached hydrogens (primary N) is 1. The molecule has 1 aromatic carbocycles. The van der Waals surface area contributed by atoms with Crippen molar-refractivity contribution in [2.45, 2.75) is 0 Å². The lowest BCUT2D eigenvalue weighted by Gasteiger charge is -2.06. The molecule has 17 heavy (non-hydrogen) atoms. The first-order chi connectivity index (χ1) is 8.16. The largest absolute Gasteiger partial charge is 0.397 e. The van der Waals surface area contributed by atoms with Gasteiger partial charge in [-0.15, -0.1) is 0 Å². The lowest BCUT2D eigenvalue weighted by Crippen LogP contribution is -2.14. The third-order valence-electron chi connectivity index (χ3n) is 2.18. The minimum Gasteiger partial charge on any atom is -0.397 e. The van der Waals surface area contributed by atoms with Gasteiger partial charge in [-0.1, -0.05) is 6.07 Å². The Morgan fingerprint density at radius 1 is 1.35 bits per heavy atom. The quantitative estimate of drug-likeness (QED) is 0.831. The topological polar surface area (TPSA) is 68.0 Å². The smallest absolute Gasteiger partial charge is 0.257 e. The van der Waals surface area contributed by atoms with Crippen molar-refractivity contribution < 1.29 is 9.18 Å². The van der Waals surface area contributed by atoms with Gasteiger partial charge in [0.1, 0.15) is 5.82 Å². The number of hydrogen-bond acceptors (Lipinski definition) is 3. The summed E-state index contributed by atoms with van der Waals surface area (Å²) < 4.78 is 12.9. The van der Waals surface area contributed by atoms with Gasteiger partial charge >= 0.3 is 0 Å². The molecule has 0 fully saturated rings. The van der Waals surface area contributed by atoms with Crippen LogP contribution in [0.1, 0.15) is 10.4 Å². The monoisotopic (exact) mass is 231 g/mol. The molecule has 0 aliphatic carbocycles. The van der Waals surface area contributed by atoms with Crippen LogP contribution in [0.5, 0.6) is 0 Å². The van der Waals surface area contributed by atoms with Crippen molar-refractivity contribution in [3.05, 3.63) is 54.1 Å². The van der Waals surface area contributed by atoms with Crippen LogP contribution in [0.4, 0.5) is 15.8 Å². The van der Waals surface area contributed by atoms with E-state index in [0.29, 0.717) is 11.3 Å². The lowest BCUT2D eigenvalue weighted by atomic mass is 10.2. The number of nitrogens with one attached hydrogen (secondary N) is 1. The molecule has 2 rings (SSSR count). The van der Waals surface area contributed by atoms with E-state index in [0.717, 1.165) is 0 Å². The van der Waals surface area contributed by atoms with Crippen LogP contribution in [-0.2, 0) is 0 Å². The average molecular weight is 231 g/mol. The highest BCUT2D eigenvalue weighted by atomic mass is 19.1. The van der Waals surface area contributed by atoms with E-state index in [-0.39, 0.29) is 5.69 Å². The molecule has 0 aliphatic heterocycles. The number of nitrogens with zero attached hydrogens (tertiary/aromatic N) is 1. The molecule has 0 bridgehead atoms. The van der Waals surface area contributed by atoms with Gasteiger partial charge in [-0.2, -0.15) is 0 Å². The van der Waals surface area contributed by atoms with Gasteiger partial charge in [-0.25, -0.2) is 4.39 Å². The number of carbonyl (C=O) groups is 1. The molecule has 2 aromatic rings. The Bertz CT molecular complexity index is 557. The summed E-state index contributed by atoms with van der Waals surface area (Å²) in [6.45, 7) is 0. The zero-order chi connectivity index (χ0) is 12.3. The number of amides is 1. The van der Waals surface area contributed by atoms with E-state index in [2.05, 4.69) is 10.3 Å². The fraction of sp³-hybridized carbons (Fsp3) is 0. The van der Waals surface area contributed by atoms with Gasteiger partial charge in [0.05, 0.1) is 17.4 Å². The van der Waals surface area contributed by atoms with Crippen molar-refractivity contribution in [1.82, 2.24) is 4.98 Å². The normalized spacial score (nSPS) is 9.94. The van der Waals surface area contributed by atoms with Gasteiger partial charge in [0.2, 0.25) is 0 Å². The average Bonchev–Trinajstić information content (AvgIpc) is 2.29. The molecule has 1 amide bonds. The maximum absolute atomic E-state index is 12.9. The van der Waals surface area contributed by atoms with Gasteiger partial charge in [0.25, 0.3) is 5.91 Å². The third kappa shape index (κ3) is 2.57. The van der Waals surface area contributed by atoms with Gasteiger partial charge in [0.15, 0.2) is 0 Å². The number of halogens is 1. The molecule has 5 heteroatoms. The molecule has 0 saturated heterocycles. The molecule has 0 atom stereocenters. The van der Waals surface area contributed by atoms with Crippen molar-refractivity contribution in [2.75, 3.05) is 11.1 Å². The lowest BCUT2D eigenvalue weighted by molar-refractivity contribution is 0.102. The Labute approximate surface area is 97.3 Å². The second-order valence-corrected chi connectivity index (χ2v) is 3.43. The number of carbonyl (C=O) groups excluding carboxylic acids is 1. The van der Waals surface area contributed by atoms with Crippen LogP contribution in [0, 0.1) is 5.82 Å². The Balaban J connectivity index is 2.20. The molecule has 0 saturated carbocycles. The Morgan fingerprint density at radius 3 is 2.88 bits per heavy atom. The molecule has 1 aromatic heterocycles. The summed E-state index contributed by atoms with van der Waals surface area (Å²) in [5.74, 6) is -0.805. The molecule has 0 unspecified atom stereocenters. The van der Waals surface area contributed by atoms with E-state index < -0.39 is 11.7 Å². The van der Waals surface area contributed by atoms with Crippen molar-refractivity contribution in [3.63, 3.8) is 0 Å². The van der Waals surface area contributed by atoms with Crippen LogP contribution >= 0.6 is 0 Å². The molecular weight excluding hydrogens is 221 g/mol. The first kappa shape index (κ1) is 11.1. The minimum atomic E-state index is -0.412. The van der Waals surface area contributed by atoms with Crippen LogP contribution in [0.25, 0.3) is 0 Å².